The van der Waals surface area contributed by atoms with Crippen LogP contribution in [0.3, 0.4) is 0 Å². The number of hydrogen-bond acceptors (Lipinski definition) is 5. The van der Waals surface area contributed by atoms with Gasteiger partial charge in [-0.25, -0.2) is 0 Å². The second-order valence-electron chi connectivity index (χ2n) is 8.21. The first-order chi connectivity index (χ1) is 13.5. The smallest absolute Gasteiger partial charge is 0.233 e. The predicted molar refractivity (Wildman–Crippen MR) is 113 cm³/mol. The molecule has 6 heteroatoms. The van der Waals surface area contributed by atoms with E-state index in [-0.39, 0.29) is 18.2 Å². The highest BCUT2D eigenvalue weighted by molar-refractivity contribution is 5.95. The van der Waals surface area contributed by atoms with Gasteiger partial charge in [0.2, 0.25) is 5.91 Å². The summed E-state index contributed by atoms with van der Waals surface area (Å²) in [7, 11) is 0. The molecule has 1 amide bonds. The normalized spacial score (nSPS) is 23.4. The van der Waals surface area contributed by atoms with Gasteiger partial charge in [0, 0.05) is 43.5 Å². The number of nitrogens with two attached hydrogens (primary N) is 1. The number of carbonyl (C=O) groups is 2. The van der Waals surface area contributed by atoms with E-state index in [4.69, 9.17) is 5.73 Å². The Morgan fingerprint density at radius 2 is 1.82 bits per heavy atom. The summed E-state index contributed by atoms with van der Waals surface area (Å²) in [6.45, 7) is 7.05. The number of benzene rings is 1. The lowest BCUT2D eigenvalue weighted by Crippen LogP contribution is -2.47. The Morgan fingerprint density at radius 1 is 1.11 bits per heavy atom. The van der Waals surface area contributed by atoms with Gasteiger partial charge in [-0.3, -0.25) is 14.5 Å². The Hall–Kier alpha value is -1.92. The van der Waals surface area contributed by atoms with E-state index in [1.165, 1.54) is 19.3 Å². The van der Waals surface area contributed by atoms with Gasteiger partial charge < -0.3 is 16.0 Å². The molecular weight excluding hydrogens is 352 g/mol. The largest absolute Gasteiger partial charge is 0.369 e. The number of hydrogen-bond donors (Lipinski definition) is 2. The van der Waals surface area contributed by atoms with Gasteiger partial charge >= 0.3 is 0 Å². The van der Waals surface area contributed by atoms with Gasteiger partial charge in [0.25, 0.3) is 0 Å². The minimum atomic E-state index is -0.0323. The first-order valence-electron chi connectivity index (χ1n) is 10.6. The van der Waals surface area contributed by atoms with Crippen molar-refractivity contribution in [1.82, 2.24) is 10.2 Å². The third kappa shape index (κ3) is 5.79. The fraction of sp³-hybridized carbons (Fsp3) is 0.636. The number of carbonyl (C=O) groups excluding carboxylic acids is 2. The molecule has 1 aliphatic heterocycles. The van der Waals surface area contributed by atoms with E-state index in [1.807, 2.05) is 18.2 Å². The van der Waals surface area contributed by atoms with Gasteiger partial charge in [-0.1, -0.05) is 12.1 Å². The Morgan fingerprint density at radius 3 is 2.46 bits per heavy atom. The van der Waals surface area contributed by atoms with E-state index >= 15 is 0 Å². The van der Waals surface area contributed by atoms with Crippen molar-refractivity contribution in [2.24, 2.45) is 11.7 Å². The van der Waals surface area contributed by atoms with Crippen molar-refractivity contribution < 1.29 is 9.59 Å². The van der Waals surface area contributed by atoms with E-state index in [0.29, 0.717) is 6.04 Å². The predicted octanol–water partition coefficient (Wildman–Crippen LogP) is 2.04. The van der Waals surface area contributed by atoms with Crippen molar-refractivity contribution in [3.63, 3.8) is 0 Å². The average Bonchev–Trinajstić information content (AvgIpc) is 2.73. The average molecular weight is 387 g/mol. The van der Waals surface area contributed by atoms with Crippen LogP contribution in [0, 0.1) is 5.92 Å². The number of rotatable bonds is 7. The fourth-order valence-corrected chi connectivity index (χ4v) is 4.40. The molecule has 2 aliphatic rings. The van der Waals surface area contributed by atoms with Crippen molar-refractivity contribution in [2.45, 2.75) is 45.1 Å². The first-order valence-corrected chi connectivity index (χ1v) is 10.6. The Labute approximate surface area is 168 Å². The van der Waals surface area contributed by atoms with Crippen molar-refractivity contribution >= 4 is 17.4 Å². The fourth-order valence-electron chi connectivity index (χ4n) is 4.40. The van der Waals surface area contributed by atoms with Gasteiger partial charge in [0.1, 0.15) is 0 Å². The van der Waals surface area contributed by atoms with Crippen LogP contribution in [0.5, 0.6) is 0 Å². The highest BCUT2D eigenvalue weighted by atomic mass is 16.2. The molecule has 28 heavy (non-hydrogen) atoms. The van der Waals surface area contributed by atoms with Crippen molar-refractivity contribution in [1.29, 1.82) is 0 Å². The van der Waals surface area contributed by atoms with Crippen molar-refractivity contribution in [2.75, 3.05) is 44.2 Å². The van der Waals surface area contributed by atoms with E-state index in [1.54, 1.807) is 6.92 Å². The molecule has 1 aliphatic carbocycles. The quantitative estimate of drug-likeness (QED) is 0.701. The Bertz CT molecular complexity index is 662. The van der Waals surface area contributed by atoms with Crippen molar-refractivity contribution in [3.8, 4) is 0 Å². The molecule has 0 radical (unpaired) electrons. The molecule has 1 aromatic rings. The molecule has 0 unspecified atom stereocenters. The van der Waals surface area contributed by atoms with Crippen LogP contribution >= 0.6 is 0 Å². The highest BCUT2D eigenvalue weighted by Crippen LogP contribution is 2.27. The summed E-state index contributed by atoms with van der Waals surface area (Å²) in [5, 5.41) is 3.02. The summed E-state index contributed by atoms with van der Waals surface area (Å²) >= 11 is 0. The molecule has 0 spiro atoms. The number of ketones is 1. The van der Waals surface area contributed by atoms with Crippen LogP contribution in [-0.4, -0.2) is 61.9 Å². The number of anilines is 1. The Kier molecular flexibility index (Phi) is 7.45. The lowest BCUT2D eigenvalue weighted by atomic mass is 9.84. The maximum Gasteiger partial charge on any atom is 0.233 e. The second kappa shape index (κ2) is 10.0. The molecule has 154 valence electrons. The van der Waals surface area contributed by atoms with E-state index < -0.39 is 0 Å². The molecule has 1 saturated carbocycles. The number of nitrogens with one attached hydrogen (secondary N) is 1. The zero-order valence-corrected chi connectivity index (χ0v) is 17.0. The summed E-state index contributed by atoms with van der Waals surface area (Å²) in [5.74, 6) is 0.865. The van der Waals surface area contributed by atoms with Crippen molar-refractivity contribution in [3.05, 3.63) is 29.8 Å². The van der Waals surface area contributed by atoms with Gasteiger partial charge in [-0.2, -0.15) is 0 Å². The molecule has 0 aromatic heterocycles. The minimum absolute atomic E-state index is 0.0323. The number of amides is 1. The zero-order valence-electron chi connectivity index (χ0n) is 17.0. The molecule has 1 heterocycles. The number of Topliss-reactive ketones (excluding diaryl/α,β-unsaturated/α-hetero) is 1. The van der Waals surface area contributed by atoms with E-state index in [0.717, 1.165) is 62.7 Å². The van der Waals surface area contributed by atoms with Crippen LogP contribution in [0.15, 0.2) is 24.3 Å². The van der Waals surface area contributed by atoms with E-state index in [2.05, 4.69) is 21.2 Å². The molecule has 6 nitrogen and oxygen atoms in total. The van der Waals surface area contributed by atoms with Crippen LogP contribution < -0.4 is 16.0 Å². The first kappa shape index (κ1) is 20.8. The molecule has 0 atom stereocenters. The topological polar surface area (TPSA) is 78.7 Å². The summed E-state index contributed by atoms with van der Waals surface area (Å²) in [6, 6.07) is 8.30. The van der Waals surface area contributed by atoms with Crippen LogP contribution in [0.2, 0.25) is 0 Å². The van der Waals surface area contributed by atoms with Crippen LogP contribution in [0.1, 0.15) is 49.4 Å². The standard InChI is InChI=1S/C22H34N4O2/c1-17(27)19-3-2-4-21(15-19)26-13-11-25(12-14-26)10-9-18-5-7-20(8-6-18)24-22(28)16-23/h2-4,15,18,20H,5-14,16,23H2,1H3,(H,24,28). The lowest BCUT2D eigenvalue weighted by Gasteiger charge is -2.37. The van der Waals surface area contributed by atoms with Gasteiger partial charge in [-0.05, 0) is 63.6 Å². The van der Waals surface area contributed by atoms with Crippen LogP contribution in [-0.2, 0) is 4.79 Å². The monoisotopic (exact) mass is 386 g/mol. The molecule has 2 fully saturated rings. The number of piperazine rings is 1. The van der Waals surface area contributed by atoms with Gasteiger partial charge in [0.05, 0.1) is 6.54 Å². The molecule has 1 aromatic carbocycles. The molecule has 3 rings (SSSR count). The molecular formula is C22H34N4O2. The summed E-state index contributed by atoms with van der Waals surface area (Å²) in [4.78, 5) is 28.0. The van der Waals surface area contributed by atoms with Gasteiger partial charge in [0.15, 0.2) is 5.78 Å². The second-order valence-corrected chi connectivity index (χ2v) is 8.21. The molecule has 3 N–H and O–H groups in total. The third-order valence-electron chi connectivity index (χ3n) is 6.24. The van der Waals surface area contributed by atoms with Gasteiger partial charge in [-0.15, -0.1) is 0 Å². The third-order valence-corrected chi connectivity index (χ3v) is 6.24. The lowest BCUT2D eigenvalue weighted by molar-refractivity contribution is -0.120. The maximum absolute atomic E-state index is 11.6. The summed E-state index contributed by atoms with van der Waals surface area (Å²) in [6.07, 6.45) is 5.81. The molecule has 1 saturated heterocycles. The van der Waals surface area contributed by atoms with Crippen LogP contribution in [0.25, 0.3) is 0 Å². The molecule has 0 bridgehead atoms. The maximum atomic E-state index is 11.6. The minimum Gasteiger partial charge on any atom is -0.369 e. The zero-order chi connectivity index (χ0) is 19.9. The van der Waals surface area contributed by atoms with Crippen LogP contribution in [0.4, 0.5) is 5.69 Å². The Balaban J connectivity index is 1.37. The number of nitrogens with zero attached hydrogens (tertiary/aromatic N) is 2. The SMILES string of the molecule is CC(=O)c1cccc(N2CCN(CCC3CCC(NC(=O)CN)CC3)CC2)c1. The highest BCUT2D eigenvalue weighted by Gasteiger charge is 2.23. The summed E-state index contributed by atoms with van der Waals surface area (Å²) < 4.78 is 0. The summed E-state index contributed by atoms with van der Waals surface area (Å²) in [5.41, 5.74) is 7.33. The van der Waals surface area contributed by atoms with E-state index in [9.17, 15) is 9.59 Å².